The maximum absolute atomic E-state index is 13.0. The zero-order valence-electron chi connectivity index (χ0n) is 28.2. The molecule has 0 bridgehead atoms. The van der Waals surface area contributed by atoms with Crippen molar-refractivity contribution in [2.24, 2.45) is 7.05 Å². The number of anilines is 2. The fraction of sp³-hybridized carbons (Fsp3) is 0.459. The first-order valence-electron chi connectivity index (χ1n) is 17.3. The summed E-state index contributed by atoms with van der Waals surface area (Å²) >= 11 is 6.75. The number of rotatable bonds is 9. The van der Waals surface area contributed by atoms with Crippen molar-refractivity contribution in [2.75, 3.05) is 62.2 Å². The molecule has 0 saturated carbocycles. The van der Waals surface area contributed by atoms with Gasteiger partial charge in [0.25, 0.3) is 0 Å². The summed E-state index contributed by atoms with van der Waals surface area (Å²) in [4.78, 5) is 36.7. The highest BCUT2D eigenvalue weighted by atomic mass is 35.5. The number of aryl methyl sites for hydroxylation is 1. The Kier molecular flexibility index (Phi) is 9.29. The first-order valence-corrected chi connectivity index (χ1v) is 17.6. The van der Waals surface area contributed by atoms with Crippen molar-refractivity contribution < 1.29 is 9.53 Å². The van der Waals surface area contributed by atoms with E-state index in [0.717, 1.165) is 77.6 Å². The van der Waals surface area contributed by atoms with Crippen LogP contribution in [0.1, 0.15) is 50.1 Å². The van der Waals surface area contributed by atoms with Crippen LogP contribution in [0.5, 0.6) is 6.01 Å². The number of carbonyl (C=O) groups excluding carboxylic acids is 1. The molecule has 3 aliphatic rings. The fourth-order valence-corrected chi connectivity index (χ4v) is 8.01. The number of hydrogen-bond acceptors (Lipinski definition) is 8. The van der Waals surface area contributed by atoms with Crippen molar-refractivity contribution in [1.29, 1.82) is 0 Å². The van der Waals surface area contributed by atoms with Gasteiger partial charge in [0, 0.05) is 68.7 Å². The molecule has 0 N–H and O–H groups in total. The monoisotopic (exact) mass is 668 g/mol. The van der Waals surface area contributed by atoms with Crippen LogP contribution in [0.25, 0.3) is 16.8 Å². The van der Waals surface area contributed by atoms with Crippen molar-refractivity contribution in [3.8, 4) is 6.01 Å². The lowest BCUT2D eigenvalue weighted by atomic mass is 9.94. The van der Waals surface area contributed by atoms with E-state index in [1.54, 1.807) is 18.5 Å². The van der Waals surface area contributed by atoms with Crippen LogP contribution >= 0.6 is 11.6 Å². The second-order valence-electron chi connectivity index (χ2n) is 13.2. The normalized spacial score (nSPS) is 20.2. The van der Waals surface area contributed by atoms with Crippen LogP contribution in [0.3, 0.4) is 0 Å². The summed E-state index contributed by atoms with van der Waals surface area (Å²) in [6.45, 7) is 11.3. The van der Waals surface area contributed by atoms with Crippen LogP contribution in [0.15, 0.2) is 55.0 Å². The molecule has 11 heteroatoms. The SMILES string of the molecule is CCN1CCCC1(CC)COc1nc2c(c(N3CCN(C(=O)/C=C/c4cn(C)cn4)CC3)n1)CCN(c1cccc3cccc(Cl)c13)C2. The number of hydrogen-bond donors (Lipinski definition) is 0. The van der Waals surface area contributed by atoms with E-state index in [0.29, 0.717) is 45.3 Å². The minimum atomic E-state index is 0.000313. The van der Waals surface area contributed by atoms with Gasteiger partial charge >= 0.3 is 6.01 Å². The third-order valence-electron chi connectivity index (χ3n) is 10.5. The molecule has 0 radical (unpaired) electrons. The highest BCUT2D eigenvalue weighted by Gasteiger charge is 2.40. The second-order valence-corrected chi connectivity index (χ2v) is 13.6. The van der Waals surface area contributed by atoms with Crippen LogP contribution in [-0.4, -0.2) is 93.2 Å². The molecule has 2 aromatic carbocycles. The van der Waals surface area contributed by atoms with E-state index in [1.807, 2.05) is 34.8 Å². The molecule has 4 aromatic rings. The lowest BCUT2D eigenvalue weighted by Crippen LogP contribution is -2.49. The molecule has 1 atom stereocenters. The van der Waals surface area contributed by atoms with Crippen molar-refractivity contribution in [3.05, 3.63) is 77.0 Å². The average Bonchev–Trinajstić information content (AvgIpc) is 3.74. The lowest BCUT2D eigenvalue weighted by Gasteiger charge is -2.39. The number of nitrogens with zero attached hydrogens (tertiary/aromatic N) is 8. The van der Waals surface area contributed by atoms with Gasteiger partial charge in [0.05, 0.1) is 34.8 Å². The summed E-state index contributed by atoms with van der Waals surface area (Å²) in [7, 11) is 1.92. The summed E-state index contributed by atoms with van der Waals surface area (Å²) in [6, 6.07) is 12.9. The molecule has 0 spiro atoms. The molecule has 7 rings (SSSR count). The number of halogens is 1. The van der Waals surface area contributed by atoms with Gasteiger partial charge in [-0.1, -0.05) is 49.7 Å². The Morgan fingerprint density at radius 3 is 2.58 bits per heavy atom. The fourth-order valence-electron chi connectivity index (χ4n) is 7.73. The number of imidazole rings is 1. The largest absolute Gasteiger partial charge is 0.461 e. The number of likely N-dealkylation sites (tertiary alicyclic amines) is 1. The molecule has 48 heavy (non-hydrogen) atoms. The molecule has 2 fully saturated rings. The van der Waals surface area contributed by atoms with E-state index in [2.05, 4.69) is 57.8 Å². The molecule has 2 saturated heterocycles. The highest BCUT2D eigenvalue weighted by molar-refractivity contribution is 6.36. The number of carbonyl (C=O) groups is 1. The Balaban J connectivity index is 1.15. The van der Waals surface area contributed by atoms with Gasteiger partial charge in [0.15, 0.2) is 0 Å². The third-order valence-corrected chi connectivity index (χ3v) is 10.8. The number of ether oxygens (including phenoxy) is 1. The standard InChI is InChI=1S/C37H45ClN8O2/c1-4-37(16-8-17-46(37)5-2)25-48-36-40-31-24-45(32-12-7-10-27-9-6-11-30(38)34(27)32)18-15-29(31)35(41-36)44-21-19-43(20-22-44)33(47)14-13-28-23-42(3)26-39-28/h6-7,9-14,23,26H,4-5,8,15-22,24-25H2,1-3H3/b14-13+. The quantitative estimate of drug-likeness (QED) is 0.214. The van der Waals surface area contributed by atoms with Crippen LogP contribution in [-0.2, 0) is 24.8 Å². The Morgan fingerprint density at radius 1 is 1.02 bits per heavy atom. The summed E-state index contributed by atoms with van der Waals surface area (Å²) in [5, 5.41) is 2.95. The lowest BCUT2D eigenvalue weighted by molar-refractivity contribution is -0.126. The van der Waals surface area contributed by atoms with Crippen LogP contribution < -0.4 is 14.5 Å². The third kappa shape index (κ3) is 6.35. The van der Waals surface area contributed by atoms with Gasteiger partial charge in [-0.2, -0.15) is 9.97 Å². The first kappa shape index (κ1) is 32.4. The van der Waals surface area contributed by atoms with Gasteiger partial charge in [-0.05, 0) is 62.4 Å². The number of piperazine rings is 1. The molecule has 10 nitrogen and oxygen atoms in total. The van der Waals surface area contributed by atoms with E-state index >= 15 is 0 Å². The molecule has 2 aromatic heterocycles. The smallest absolute Gasteiger partial charge is 0.318 e. The molecular formula is C37H45ClN8O2. The van der Waals surface area contributed by atoms with Crippen molar-refractivity contribution in [1.82, 2.24) is 29.3 Å². The number of benzene rings is 2. The van der Waals surface area contributed by atoms with Gasteiger partial charge in [-0.25, -0.2) is 4.98 Å². The maximum Gasteiger partial charge on any atom is 0.318 e. The van der Waals surface area contributed by atoms with Crippen LogP contribution in [0.2, 0.25) is 5.02 Å². The summed E-state index contributed by atoms with van der Waals surface area (Å²) in [5.41, 5.74) is 4.06. The van der Waals surface area contributed by atoms with Crippen molar-refractivity contribution in [2.45, 2.75) is 51.6 Å². The second kappa shape index (κ2) is 13.8. The number of amides is 1. The Hall–Kier alpha value is -4.15. The topological polar surface area (TPSA) is 82.9 Å². The number of aromatic nitrogens is 4. The van der Waals surface area contributed by atoms with E-state index < -0.39 is 0 Å². The molecule has 1 unspecified atom stereocenters. The predicted molar refractivity (Wildman–Crippen MR) is 192 cm³/mol. The van der Waals surface area contributed by atoms with Gasteiger partial charge in [0.1, 0.15) is 12.4 Å². The number of likely N-dealkylation sites (N-methyl/N-ethyl adjacent to an activating group) is 1. The molecular weight excluding hydrogens is 624 g/mol. The van der Waals surface area contributed by atoms with Gasteiger partial charge in [-0.3, -0.25) is 9.69 Å². The molecule has 5 heterocycles. The summed E-state index contributed by atoms with van der Waals surface area (Å²) < 4.78 is 8.44. The average molecular weight is 669 g/mol. The molecule has 0 aliphatic carbocycles. The molecule has 3 aliphatic heterocycles. The van der Waals surface area contributed by atoms with Gasteiger partial charge < -0.3 is 24.0 Å². The van der Waals surface area contributed by atoms with E-state index in [-0.39, 0.29) is 11.4 Å². The Morgan fingerprint density at radius 2 is 1.83 bits per heavy atom. The Bertz CT molecular complexity index is 1810. The molecule has 252 valence electrons. The minimum Gasteiger partial charge on any atom is -0.461 e. The zero-order valence-corrected chi connectivity index (χ0v) is 29.0. The first-order chi connectivity index (χ1) is 23.4. The minimum absolute atomic E-state index is 0.000313. The highest BCUT2D eigenvalue weighted by Crippen LogP contribution is 2.38. The van der Waals surface area contributed by atoms with Gasteiger partial charge in [0.2, 0.25) is 5.91 Å². The van der Waals surface area contributed by atoms with Gasteiger partial charge in [-0.15, -0.1) is 0 Å². The van der Waals surface area contributed by atoms with Crippen LogP contribution in [0, 0.1) is 0 Å². The van der Waals surface area contributed by atoms with Crippen LogP contribution in [0.4, 0.5) is 11.5 Å². The van der Waals surface area contributed by atoms with Crippen molar-refractivity contribution >= 4 is 45.9 Å². The maximum atomic E-state index is 13.0. The Labute approximate surface area is 288 Å². The summed E-state index contributed by atoms with van der Waals surface area (Å²) in [5.74, 6) is 0.936. The zero-order chi connectivity index (χ0) is 33.3. The van der Waals surface area contributed by atoms with E-state index in [1.165, 1.54) is 12.0 Å². The summed E-state index contributed by atoms with van der Waals surface area (Å²) in [6.07, 6.45) is 11.2. The van der Waals surface area contributed by atoms with E-state index in [9.17, 15) is 4.79 Å². The molecule has 1 amide bonds. The predicted octanol–water partition coefficient (Wildman–Crippen LogP) is 5.58. The number of fused-ring (bicyclic) bond motifs is 2. The van der Waals surface area contributed by atoms with E-state index in [4.69, 9.17) is 26.3 Å². The van der Waals surface area contributed by atoms with Crippen molar-refractivity contribution in [3.63, 3.8) is 0 Å².